The summed E-state index contributed by atoms with van der Waals surface area (Å²) in [6, 6.07) is 12.9. The first-order valence-corrected chi connectivity index (χ1v) is 8.20. The van der Waals surface area contributed by atoms with Gasteiger partial charge < -0.3 is 0 Å². The molecule has 0 aliphatic heterocycles. The lowest BCUT2D eigenvalue weighted by Gasteiger charge is -2.08. The van der Waals surface area contributed by atoms with Gasteiger partial charge in [-0.05, 0) is 36.2 Å². The van der Waals surface area contributed by atoms with Crippen LogP contribution in [-0.2, 0) is 6.54 Å². The molecule has 0 aliphatic rings. The summed E-state index contributed by atoms with van der Waals surface area (Å²) in [6.45, 7) is 1.89. The molecule has 0 unspecified atom stereocenters. The van der Waals surface area contributed by atoms with Gasteiger partial charge in [0.05, 0.1) is 30.0 Å². The number of nitrogens with zero attached hydrogens (tertiary/aromatic N) is 3. The predicted octanol–water partition coefficient (Wildman–Crippen LogP) is 3.04. The molecule has 2 aromatic heterocycles. The van der Waals surface area contributed by atoms with E-state index < -0.39 is 0 Å². The summed E-state index contributed by atoms with van der Waals surface area (Å²) in [4.78, 5) is 28.8. The summed E-state index contributed by atoms with van der Waals surface area (Å²) in [7, 11) is 0. The molecule has 0 spiro atoms. The monoisotopic (exact) mass is 344 g/mol. The van der Waals surface area contributed by atoms with Crippen LogP contribution in [0, 0.1) is 0 Å². The van der Waals surface area contributed by atoms with Crippen molar-refractivity contribution in [3.05, 3.63) is 82.7 Å². The van der Waals surface area contributed by atoms with Crippen molar-refractivity contribution in [3.63, 3.8) is 0 Å². The first kappa shape index (κ1) is 16.0. The van der Waals surface area contributed by atoms with Crippen molar-refractivity contribution in [2.24, 2.45) is 0 Å². The Bertz CT molecular complexity index is 1160. The summed E-state index contributed by atoms with van der Waals surface area (Å²) in [5.41, 5.74) is 3.86. The van der Waals surface area contributed by atoms with Crippen LogP contribution in [0.3, 0.4) is 0 Å². The molecule has 128 valence electrons. The highest BCUT2D eigenvalue weighted by molar-refractivity contribution is 5.94. The summed E-state index contributed by atoms with van der Waals surface area (Å²) in [5.74, 6) is 0.000544. The van der Waals surface area contributed by atoms with E-state index in [4.69, 9.17) is 0 Å². The number of nitrogens with one attached hydrogen (secondary N) is 1. The van der Waals surface area contributed by atoms with Crippen LogP contribution in [0.4, 0.5) is 0 Å². The molecule has 0 bridgehead atoms. The smallest absolute Gasteiger partial charge is 0.261 e. The Morgan fingerprint density at radius 1 is 1.15 bits per heavy atom. The van der Waals surface area contributed by atoms with E-state index in [9.17, 15) is 9.59 Å². The van der Waals surface area contributed by atoms with E-state index in [0.717, 1.165) is 16.7 Å². The van der Waals surface area contributed by atoms with Gasteiger partial charge in [0.25, 0.3) is 5.56 Å². The molecule has 4 aromatic rings. The topological polar surface area (TPSA) is 80.6 Å². The van der Waals surface area contributed by atoms with Gasteiger partial charge in [0.2, 0.25) is 0 Å². The number of carbonyl (C=O) groups is 1. The van der Waals surface area contributed by atoms with Crippen molar-refractivity contribution < 1.29 is 4.79 Å². The van der Waals surface area contributed by atoms with E-state index in [1.807, 2.05) is 30.3 Å². The number of ketones is 1. The molecule has 0 aliphatic carbocycles. The Hall–Kier alpha value is -3.54. The van der Waals surface area contributed by atoms with Crippen LogP contribution in [0.25, 0.3) is 22.0 Å². The number of aromatic amines is 1. The Morgan fingerprint density at radius 3 is 2.81 bits per heavy atom. The molecule has 0 amide bonds. The number of fused-ring (bicyclic) bond motifs is 1. The number of Topliss-reactive ketones (excluding diaryl/α,β-unsaturated/α-hetero) is 1. The van der Waals surface area contributed by atoms with Gasteiger partial charge in [-0.1, -0.05) is 24.3 Å². The average molecular weight is 344 g/mol. The molecule has 2 heterocycles. The molecule has 0 radical (unpaired) electrons. The average Bonchev–Trinajstić information content (AvgIpc) is 3.19. The third-order valence-corrected chi connectivity index (χ3v) is 4.34. The normalized spacial score (nSPS) is 11.0. The van der Waals surface area contributed by atoms with E-state index in [-0.39, 0.29) is 11.3 Å². The quantitative estimate of drug-likeness (QED) is 0.577. The summed E-state index contributed by atoms with van der Waals surface area (Å²) in [5, 5.41) is 7.27. The fourth-order valence-corrected chi connectivity index (χ4v) is 2.95. The van der Waals surface area contributed by atoms with Crippen molar-refractivity contribution in [3.8, 4) is 11.1 Å². The molecule has 6 nitrogen and oxygen atoms in total. The molecule has 26 heavy (non-hydrogen) atoms. The van der Waals surface area contributed by atoms with E-state index in [2.05, 4.69) is 15.2 Å². The molecule has 0 fully saturated rings. The minimum Gasteiger partial charge on any atom is -0.295 e. The minimum atomic E-state index is -0.117. The van der Waals surface area contributed by atoms with Crippen molar-refractivity contribution in [1.82, 2.24) is 19.7 Å². The number of aromatic nitrogens is 4. The van der Waals surface area contributed by atoms with Crippen molar-refractivity contribution in [1.29, 1.82) is 0 Å². The van der Waals surface area contributed by atoms with Gasteiger partial charge in [0.1, 0.15) is 0 Å². The standard InChI is InChI=1S/C20H16N4O2/c1-13(25)15-4-2-3-14(7-15)11-24-12-21-19-6-5-16(8-18(19)20(24)26)17-9-22-23-10-17/h2-10,12H,11H2,1H3,(H,22,23). The van der Waals surface area contributed by atoms with Crippen LogP contribution in [0.5, 0.6) is 0 Å². The van der Waals surface area contributed by atoms with Crippen LogP contribution >= 0.6 is 0 Å². The van der Waals surface area contributed by atoms with E-state index >= 15 is 0 Å². The Balaban J connectivity index is 1.76. The number of carbonyl (C=O) groups excluding carboxylic acids is 1. The zero-order chi connectivity index (χ0) is 18.1. The predicted molar refractivity (Wildman–Crippen MR) is 99.1 cm³/mol. The molecule has 1 N–H and O–H groups in total. The van der Waals surface area contributed by atoms with E-state index in [0.29, 0.717) is 23.0 Å². The number of hydrogen-bond acceptors (Lipinski definition) is 4. The number of benzene rings is 2. The first-order valence-electron chi connectivity index (χ1n) is 8.20. The molecule has 2 aromatic carbocycles. The molecule has 4 rings (SSSR count). The lowest BCUT2D eigenvalue weighted by atomic mass is 10.1. The van der Waals surface area contributed by atoms with Gasteiger partial charge in [0.15, 0.2) is 5.78 Å². The molecule has 0 atom stereocenters. The lowest BCUT2D eigenvalue weighted by Crippen LogP contribution is -2.21. The molecular formula is C20H16N4O2. The van der Waals surface area contributed by atoms with Gasteiger partial charge in [-0.3, -0.25) is 19.3 Å². The zero-order valence-electron chi connectivity index (χ0n) is 14.1. The van der Waals surface area contributed by atoms with Crippen LogP contribution in [0.15, 0.2) is 66.0 Å². The summed E-state index contributed by atoms with van der Waals surface area (Å²) >= 11 is 0. The maximum Gasteiger partial charge on any atom is 0.261 e. The zero-order valence-corrected chi connectivity index (χ0v) is 14.1. The van der Waals surface area contributed by atoms with Gasteiger partial charge in [-0.15, -0.1) is 0 Å². The van der Waals surface area contributed by atoms with Crippen LogP contribution < -0.4 is 5.56 Å². The van der Waals surface area contributed by atoms with Crippen molar-refractivity contribution in [2.75, 3.05) is 0 Å². The second-order valence-electron chi connectivity index (χ2n) is 6.15. The third-order valence-electron chi connectivity index (χ3n) is 4.34. The lowest BCUT2D eigenvalue weighted by molar-refractivity contribution is 0.101. The van der Waals surface area contributed by atoms with E-state index in [1.165, 1.54) is 6.92 Å². The number of rotatable bonds is 4. The number of H-pyrrole nitrogens is 1. The second kappa shape index (κ2) is 6.40. The third kappa shape index (κ3) is 2.93. The molecule has 6 heteroatoms. The second-order valence-corrected chi connectivity index (χ2v) is 6.15. The minimum absolute atomic E-state index is 0.000544. The van der Waals surface area contributed by atoms with Crippen molar-refractivity contribution >= 4 is 16.7 Å². The van der Waals surface area contributed by atoms with Gasteiger partial charge >= 0.3 is 0 Å². The highest BCUT2D eigenvalue weighted by Crippen LogP contribution is 2.20. The van der Waals surface area contributed by atoms with Gasteiger partial charge in [-0.2, -0.15) is 5.10 Å². The maximum absolute atomic E-state index is 12.9. The summed E-state index contributed by atoms with van der Waals surface area (Å²) < 4.78 is 1.56. The Morgan fingerprint density at radius 2 is 2.04 bits per heavy atom. The van der Waals surface area contributed by atoms with Crippen LogP contribution in [0.2, 0.25) is 0 Å². The molecule has 0 saturated carbocycles. The maximum atomic E-state index is 12.9. The fourth-order valence-electron chi connectivity index (χ4n) is 2.95. The van der Waals surface area contributed by atoms with Crippen LogP contribution in [0.1, 0.15) is 22.8 Å². The SMILES string of the molecule is CC(=O)c1cccc(Cn2cnc3ccc(-c4cn[nH]c4)cc3c2=O)c1. The molecule has 0 saturated heterocycles. The Labute approximate surface area is 149 Å². The first-order chi connectivity index (χ1) is 12.6. The van der Waals surface area contributed by atoms with E-state index in [1.54, 1.807) is 35.4 Å². The summed E-state index contributed by atoms with van der Waals surface area (Å²) in [6.07, 6.45) is 5.04. The largest absolute Gasteiger partial charge is 0.295 e. The highest BCUT2D eigenvalue weighted by atomic mass is 16.1. The van der Waals surface area contributed by atoms with Crippen molar-refractivity contribution in [2.45, 2.75) is 13.5 Å². The molecular weight excluding hydrogens is 328 g/mol. The van der Waals surface area contributed by atoms with Gasteiger partial charge in [0, 0.05) is 17.3 Å². The van der Waals surface area contributed by atoms with Crippen LogP contribution in [-0.4, -0.2) is 25.5 Å². The Kier molecular flexibility index (Phi) is 3.93. The van der Waals surface area contributed by atoms with Gasteiger partial charge in [-0.25, -0.2) is 4.98 Å². The number of hydrogen-bond donors (Lipinski definition) is 1. The highest BCUT2D eigenvalue weighted by Gasteiger charge is 2.08. The fraction of sp³-hybridized carbons (Fsp3) is 0.100.